The van der Waals surface area contributed by atoms with Crippen molar-refractivity contribution in [2.24, 2.45) is 0 Å². The molecule has 2 aliphatic rings. The maximum atomic E-state index is 13.3. The monoisotopic (exact) mass is 368 g/mol. The van der Waals surface area contributed by atoms with Crippen molar-refractivity contribution in [2.45, 2.75) is 31.3 Å². The van der Waals surface area contributed by atoms with Gasteiger partial charge in [-0.2, -0.15) is 18.3 Å². The van der Waals surface area contributed by atoms with Crippen LogP contribution in [0.15, 0.2) is 18.5 Å². The first-order valence-corrected chi connectivity index (χ1v) is 8.36. The Morgan fingerprint density at radius 3 is 2.50 bits per heavy atom. The second kappa shape index (κ2) is 5.92. The van der Waals surface area contributed by atoms with E-state index >= 15 is 0 Å². The number of aromatic nitrogens is 4. The zero-order valence-electron chi connectivity index (χ0n) is 14.3. The van der Waals surface area contributed by atoms with Gasteiger partial charge in [0.2, 0.25) is 5.95 Å². The molecule has 0 saturated carbocycles. The smallest absolute Gasteiger partial charge is 0.389 e. The van der Waals surface area contributed by atoms with Gasteiger partial charge in [-0.25, -0.2) is 9.97 Å². The van der Waals surface area contributed by atoms with E-state index in [9.17, 15) is 18.3 Å². The Balaban J connectivity index is 1.69. The third-order valence-electron chi connectivity index (χ3n) is 5.01. The molecule has 26 heavy (non-hydrogen) atoms. The molecule has 140 valence electrons. The number of halogens is 3. The molecule has 2 aromatic rings. The Kier molecular flexibility index (Phi) is 3.92. The second-order valence-corrected chi connectivity index (χ2v) is 6.98. The van der Waals surface area contributed by atoms with Crippen LogP contribution in [-0.4, -0.2) is 68.6 Å². The summed E-state index contributed by atoms with van der Waals surface area (Å²) in [5.74, 6) is -0.0243. The highest BCUT2D eigenvalue weighted by Gasteiger charge is 2.39. The van der Waals surface area contributed by atoms with Gasteiger partial charge in [-0.15, -0.1) is 0 Å². The van der Waals surface area contributed by atoms with Crippen molar-refractivity contribution < 1.29 is 18.3 Å². The van der Waals surface area contributed by atoms with Crippen molar-refractivity contribution in [3.05, 3.63) is 24.2 Å². The van der Waals surface area contributed by atoms with Gasteiger partial charge in [0.25, 0.3) is 0 Å². The van der Waals surface area contributed by atoms with E-state index in [4.69, 9.17) is 0 Å². The van der Waals surface area contributed by atoms with Crippen LogP contribution in [0.1, 0.15) is 18.7 Å². The Morgan fingerprint density at radius 1 is 1.19 bits per heavy atom. The zero-order chi connectivity index (χ0) is 18.6. The Morgan fingerprint density at radius 2 is 1.92 bits per heavy atom. The lowest BCUT2D eigenvalue weighted by Gasteiger charge is -2.43. The van der Waals surface area contributed by atoms with Crippen molar-refractivity contribution in [1.29, 1.82) is 0 Å². The predicted molar refractivity (Wildman–Crippen MR) is 87.6 cm³/mol. The summed E-state index contributed by atoms with van der Waals surface area (Å²) in [6, 6.07) is 0.848. The molecule has 0 aromatic carbocycles. The van der Waals surface area contributed by atoms with Gasteiger partial charge in [-0.1, -0.05) is 0 Å². The molecule has 2 aromatic heterocycles. The van der Waals surface area contributed by atoms with Gasteiger partial charge >= 0.3 is 6.18 Å². The SMILES string of the molecule is C[C@H]1[C@H](O)CN1c1nc(-c2cnn(C3CN(C)C3)c2)cc(C(F)(F)F)n1. The number of rotatable bonds is 3. The first-order chi connectivity index (χ1) is 12.2. The summed E-state index contributed by atoms with van der Waals surface area (Å²) in [6.07, 6.45) is -1.92. The summed E-state index contributed by atoms with van der Waals surface area (Å²) >= 11 is 0. The summed E-state index contributed by atoms with van der Waals surface area (Å²) in [5.41, 5.74) is -0.306. The number of likely N-dealkylation sites (tertiary alicyclic amines) is 1. The van der Waals surface area contributed by atoms with E-state index in [2.05, 4.69) is 20.0 Å². The van der Waals surface area contributed by atoms with Gasteiger partial charge in [-0.05, 0) is 20.0 Å². The fourth-order valence-corrected chi connectivity index (χ4v) is 3.21. The molecule has 2 aliphatic heterocycles. The van der Waals surface area contributed by atoms with Gasteiger partial charge in [0.15, 0.2) is 5.69 Å². The number of nitrogens with zero attached hydrogens (tertiary/aromatic N) is 6. The largest absolute Gasteiger partial charge is 0.433 e. The molecule has 4 heterocycles. The van der Waals surface area contributed by atoms with Gasteiger partial charge in [0, 0.05) is 31.4 Å². The van der Waals surface area contributed by atoms with E-state index in [0.717, 1.165) is 19.2 Å². The second-order valence-electron chi connectivity index (χ2n) is 6.98. The number of likely N-dealkylation sites (N-methyl/N-ethyl adjacent to an activating group) is 1. The van der Waals surface area contributed by atoms with Crippen LogP contribution in [0.5, 0.6) is 0 Å². The standard InChI is InChI=1S/C16H19F3N6O/c1-9-13(26)8-24(9)15-21-12(3-14(22-15)16(17,18)19)10-4-20-25(5-10)11-6-23(2)7-11/h3-5,9,11,13,26H,6-8H2,1-2H3/t9-,13+/m0/s1. The molecule has 7 nitrogen and oxygen atoms in total. The van der Waals surface area contributed by atoms with Crippen LogP contribution in [0, 0.1) is 0 Å². The molecule has 0 aliphatic carbocycles. The Hall–Kier alpha value is -2.20. The Labute approximate surface area is 148 Å². The van der Waals surface area contributed by atoms with Crippen LogP contribution in [0.25, 0.3) is 11.3 Å². The molecular weight excluding hydrogens is 349 g/mol. The molecule has 0 radical (unpaired) electrons. The van der Waals surface area contributed by atoms with E-state index in [-0.39, 0.29) is 30.3 Å². The highest BCUT2D eigenvalue weighted by atomic mass is 19.4. The fourth-order valence-electron chi connectivity index (χ4n) is 3.21. The summed E-state index contributed by atoms with van der Waals surface area (Å²) in [7, 11) is 2.00. The number of alkyl halides is 3. The lowest BCUT2D eigenvalue weighted by molar-refractivity contribution is -0.141. The van der Waals surface area contributed by atoms with Crippen LogP contribution >= 0.6 is 0 Å². The summed E-state index contributed by atoms with van der Waals surface area (Å²) < 4.78 is 41.6. The number of anilines is 1. The molecule has 0 unspecified atom stereocenters. The Bertz CT molecular complexity index is 817. The molecule has 0 amide bonds. The molecule has 2 atom stereocenters. The zero-order valence-corrected chi connectivity index (χ0v) is 14.3. The van der Waals surface area contributed by atoms with Crippen LogP contribution in [-0.2, 0) is 6.18 Å². The van der Waals surface area contributed by atoms with Crippen LogP contribution in [0.4, 0.5) is 19.1 Å². The topological polar surface area (TPSA) is 70.3 Å². The molecule has 0 bridgehead atoms. The first kappa shape index (κ1) is 17.2. The van der Waals surface area contributed by atoms with E-state index in [0.29, 0.717) is 5.56 Å². The minimum Gasteiger partial charge on any atom is -0.389 e. The molecule has 2 fully saturated rings. The molecule has 0 spiro atoms. The highest BCUT2D eigenvalue weighted by Crippen LogP contribution is 2.34. The molecular formula is C16H19F3N6O. The fraction of sp³-hybridized carbons (Fsp3) is 0.562. The minimum absolute atomic E-state index is 0.0243. The van der Waals surface area contributed by atoms with E-state index < -0.39 is 18.0 Å². The van der Waals surface area contributed by atoms with Crippen molar-refractivity contribution in [2.75, 3.05) is 31.6 Å². The first-order valence-electron chi connectivity index (χ1n) is 8.36. The maximum Gasteiger partial charge on any atom is 0.433 e. The maximum absolute atomic E-state index is 13.3. The van der Waals surface area contributed by atoms with Crippen molar-refractivity contribution in [3.8, 4) is 11.3 Å². The normalized spacial score (nSPS) is 24.5. The number of aliphatic hydroxyl groups is 1. The third-order valence-corrected chi connectivity index (χ3v) is 5.01. The molecule has 10 heteroatoms. The van der Waals surface area contributed by atoms with E-state index in [1.807, 2.05) is 7.05 Å². The van der Waals surface area contributed by atoms with E-state index in [1.165, 1.54) is 6.20 Å². The molecule has 4 rings (SSSR count). The lowest BCUT2D eigenvalue weighted by atomic mass is 10.0. The van der Waals surface area contributed by atoms with Gasteiger partial charge in [0.1, 0.15) is 0 Å². The summed E-state index contributed by atoms with van der Waals surface area (Å²) in [4.78, 5) is 11.7. The quantitative estimate of drug-likeness (QED) is 0.884. The average Bonchev–Trinajstić information content (AvgIpc) is 3.04. The number of hydrogen-bond acceptors (Lipinski definition) is 6. The van der Waals surface area contributed by atoms with Crippen molar-refractivity contribution >= 4 is 5.95 Å². The third kappa shape index (κ3) is 2.92. The van der Waals surface area contributed by atoms with Gasteiger partial charge in [0.05, 0.1) is 30.1 Å². The van der Waals surface area contributed by atoms with Crippen LogP contribution in [0.2, 0.25) is 0 Å². The minimum atomic E-state index is -4.58. The van der Waals surface area contributed by atoms with Crippen molar-refractivity contribution in [1.82, 2.24) is 24.6 Å². The van der Waals surface area contributed by atoms with Crippen molar-refractivity contribution in [3.63, 3.8) is 0 Å². The lowest BCUT2D eigenvalue weighted by Crippen LogP contribution is -2.59. The number of β-amino-alcohol motifs (C(OH)–C–C–N with tert-alkyl or cyclic N) is 1. The number of hydrogen-bond donors (Lipinski definition) is 1. The summed E-state index contributed by atoms with van der Waals surface area (Å²) in [5, 5.41) is 13.9. The average molecular weight is 368 g/mol. The molecule has 1 N–H and O–H groups in total. The number of aliphatic hydroxyl groups excluding tert-OH is 1. The highest BCUT2D eigenvalue weighted by molar-refractivity contribution is 5.60. The predicted octanol–water partition coefficient (Wildman–Crippen LogP) is 1.41. The van der Waals surface area contributed by atoms with E-state index in [1.54, 1.807) is 22.7 Å². The van der Waals surface area contributed by atoms with Crippen LogP contribution < -0.4 is 4.90 Å². The molecule has 2 saturated heterocycles. The van der Waals surface area contributed by atoms with Crippen LogP contribution in [0.3, 0.4) is 0 Å². The van der Waals surface area contributed by atoms with Gasteiger partial charge < -0.3 is 14.9 Å². The van der Waals surface area contributed by atoms with Gasteiger partial charge in [-0.3, -0.25) is 4.68 Å². The summed E-state index contributed by atoms with van der Waals surface area (Å²) in [6.45, 7) is 3.65.